The summed E-state index contributed by atoms with van der Waals surface area (Å²) >= 11 is 0. The van der Waals surface area contributed by atoms with Crippen molar-refractivity contribution >= 4 is 5.97 Å². The van der Waals surface area contributed by atoms with Gasteiger partial charge in [0.05, 0.1) is 6.61 Å². The van der Waals surface area contributed by atoms with E-state index in [1.807, 2.05) is 10.6 Å². The van der Waals surface area contributed by atoms with Gasteiger partial charge in [0.2, 0.25) is 0 Å². The summed E-state index contributed by atoms with van der Waals surface area (Å²) < 4.78 is 6.90. The molecule has 0 saturated carbocycles. The normalized spacial score (nSPS) is 29.5. The Bertz CT molecular complexity index is 679. The Morgan fingerprint density at radius 1 is 1.26 bits per heavy atom. The molecule has 0 aromatic carbocycles. The molecular formula is C18H24N2O3. The van der Waals surface area contributed by atoms with Gasteiger partial charge in [-0.25, -0.2) is 4.79 Å². The van der Waals surface area contributed by atoms with Crippen molar-refractivity contribution in [1.29, 1.82) is 0 Å². The van der Waals surface area contributed by atoms with Gasteiger partial charge in [-0.05, 0) is 63.7 Å². The minimum atomic E-state index is -0.496. The molecule has 2 saturated heterocycles. The van der Waals surface area contributed by atoms with Crippen LogP contribution in [0, 0.1) is 5.92 Å². The number of hydrogen-bond donors (Lipinski definition) is 0. The van der Waals surface area contributed by atoms with Gasteiger partial charge in [0.15, 0.2) is 0 Å². The molecule has 0 unspecified atom stereocenters. The molecule has 0 aliphatic carbocycles. The van der Waals surface area contributed by atoms with Crippen LogP contribution in [0.4, 0.5) is 0 Å². The maximum Gasteiger partial charge on any atom is 0.343 e. The van der Waals surface area contributed by atoms with Crippen molar-refractivity contribution in [3.05, 3.63) is 33.7 Å². The number of ether oxygens (including phenoxy) is 1. The Morgan fingerprint density at radius 3 is 2.83 bits per heavy atom. The number of hydrogen-bond acceptors (Lipinski definition) is 4. The van der Waals surface area contributed by atoms with Crippen molar-refractivity contribution < 1.29 is 9.53 Å². The molecule has 4 heterocycles. The van der Waals surface area contributed by atoms with Crippen molar-refractivity contribution in [2.45, 2.75) is 51.1 Å². The zero-order valence-electron chi connectivity index (χ0n) is 13.7. The summed E-state index contributed by atoms with van der Waals surface area (Å²) in [5.74, 6) is 0.479. The quantitative estimate of drug-likeness (QED) is 0.783. The fourth-order valence-corrected chi connectivity index (χ4v) is 4.93. The van der Waals surface area contributed by atoms with E-state index < -0.39 is 5.97 Å². The lowest BCUT2D eigenvalue weighted by Gasteiger charge is -2.52. The van der Waals surface area contributed by atoms with E-state index in [1.165, 1.54) is 32.4 Å². The Balaban J connectivity index is 1.77. The van der Waals surface area contributed by atoms with Crippen molar-refractivity contribution in [3.8, 4) is 0 Å². The van der Waals surface area contributed by atoms with Crippen LogP contribution in [0.2, 0.25) is 0 Å². The second-order valence-electron chi connectivity index (χ2n) is 6.99. The maximum absolute atomic E-state index is 12.8. The number of esters is 1. The highest BCUT2D eigenvalue weighted by Crippen LogP contribution is 2.43. The Morgan fingerprint density at radius 2 is 2.04 bits per heavy atom. The van der Waals surface area contributed by atoms with Crippen LogP contribution >= 0.6 is 0 Å². The first kappa shape index (κ1) is 14.9. The molecule has 0 bridgehead atoms. The smallest absolute Gasteiger partial charge is 0.343 e. The third kappa shape index (κ3) is 2.33. The molecule has 4 rings (SSSR count). The number of rotatable bonds is 2. The van der Waals surface area contributed by atoms with Gasteiger partial charge in [0.1, 0.15) is 5.56 Å². The molecular weight excluding hydrogens is 292 g/mol. The molecule has 0 amide bonds. The second kappa shape index (κ2) is 5.78. The van der Waals surface area contributed by atoms with Gasteiger partial charge < -0.3 is 9.30 Å². The summed E-state index contributed by atoms with van der Waals surface area (Å²) in [6.07, 6.45) is 4.75. The van der Waals surface area contributed by atoms with Gasteiger partial charge in [-0.15, -0.1) is 0 Å². The van der Waals surface area contributed by atoms with E-state index in [9.17, 15) is 9.59 Å². The van der Waals surface area contributed by atoms with E-state index in [2.05, 4.69) is 4.90 Å². The average molecular weight is 316 g/mol. The highest BCUT2D eigenvalue weighted by Gasteiger charge is 2.44. The van der Waals surface area contributed by atoms with Crippen LogP contribution in [-0.2, 0) is 11.3 Å². The molecule has 23 heavy (non-hydrogen) atoms. The standard InChI is InChI=1S/C18H24N2O3/c1-2-23-18(22)14-7-8-15-13-6-4-10-19-9-3-5-12(16(13)19)11-20(15)17(14)21/h7-8,12-13,16H,2-6,9-11H2,1H3/t12-,13+,16-/m0/s1. The van der Waals surface area contributed by atoms with Crippen LogP contribution in [0.15, 0.2) is 16.9 Å². The minimum absolute atomic E-state index is 0.165. The number of aromatic nitrogens is 1. The lowest BCUT2D eigenvalue weighted by molar-refractivity contribution is 0.0177. The van der Waals surface area contributed by atoms with E-state index in [-0.39, 0.29) is 11.1 Å². The lowest BCUT2D eigenvalue weighted by Crippen LogP contribution is -2.56. The van der Waals surface area contributed by atoms with Crippen LogP contribution in [0.1, 0.15) is 54.6 Å². The van der Waals surface area contributed by atoms with Crippen LogP contribution in [0.5, 0.6) is 0 Å². The van der Waals surface area contributed by atoms with Gasteiger partial charge in [-0.3, -0.25) is 9.69 Å². The number of piperidine rings is 2. The van der Waals surface area contributed by atoms with Gasteiger partial charge in [-0.1, -0.05) is 0 Å². The highest BCUT2D eigenvalue weighted by atomic mass is 16.5. The first-order valence-electron chi connectivity index (χ1n) is 8.85. The zero-order chi connectivity index (χ0) is 16.0. The molecule has 5 nitrogen and oxygen atoms in total. The fourth-order valence-electron chi connectivity index (χ4n) is 4.93. The topological polar surface area (TPSA) is 51.5 Å². The zero-order valence-corrected chi connectivity index (χ0v) is 13.7. The predicted octanol–water partition coefficient (Wildman–Crippen LogP) is 2.00. The number of carbonyl (C=O) groups is 1. The predicted molar refractivity (Wildman–Crippen MR) is 86.7 cm³/mol. The van der Waals surface area contributed by atoms with Crippen molar-refractivity contribution in [2.24, 2.45) is 5.92 Å². The molecule has 1 aromatic rings. The molecule has 1 aromatic heterocycles. The average Bonchev–Trinajstić information content (AvgIpc) is 2.56. The van der Waals surface area contributed by atoms with Crippen LogP contribution in [-0.4, -0.2) is 41.2 Å². The summed E-state index contributed by atoms with van der Waals surface area (Å²) in [5.41, 5.74) is 1.13. The molecule has 124 valence electrons. The van der Waals surface area contributed by atoms with E-state index in [1.54, 1.807) is 13.0 Å². The largest absolute Gasteiger partial charge is 0.462 e. The first-order chi connectivity index (χ1) is 11.2. The second-order valence-corrected chi connectivity index (χ2v) is 6.99. The van der Waals surface area contributed by atoms with E-state index in [0.29, 0.717) is 24.5 Å². The monoisotopic (exact) mass is 316 g/mol. The SMILES string of the molecule is CCOC(=O)c1ccc2n(c1=O)C[C@@H]1CCCN3CCC[C@H]2[C@H]13. The number of carbonyl (C=O) groups excluding carboxylic acids is 1. The molecule has 0 N–H and O–H groups in total. The number of nitrogens with zero attached hydrogens (tertiary/aromatic N) is 2. The van der Waals surface area contributed by atoms with Crippen molar-refractivity contribution in [1.82, 2.24) is 9.47 Å². The molecule has 2 fully saturated rings. The van der Waals surface area contributed by atoms with Gasteiger partial charge in [0.25, 0.3) is 5.56 Å². The van der Waals surface area contributed by atoms with E-state index in [0.717, 1.165) is 18.7 Å². The van der Waals surface area contributed by atoms with Crippen molar-refractivity contribution in [2.75, 3.05) is 19.7 Å². The summed E-state index contributed by atoms with van der Waals surface area (Å²) in [7, 11) is 0. The summed E-state index contributed by atoms with van der Waals surface area (Å²) in [6, 6.07) is 4.26. The summed E-state index contributed by atoms with van der Waals surface area (Å²) in [6.45, 7) is 5.20. The summed E-state index contributed by atoms with van der Waals surface area (Å²) in [5, 5.41) is 0. The minimum Gasteiger partial charge on any atom is -0.462 e. The third-order valence-corrected chi connectivity index (χ3v) is 5.80. The molecule has 3 aliphatic heterocycles. The van der Waals surface area contributed by atoms with Gasteiger partial charge in [-0.2, -0.15) is 0 Å². The molecule has 3 aliphatic rings. The molecule has 0 spiro atoms. The van der Waals surface area contributed by atoms with Gasteiger partial charge in [0, 0.05) is 24.2 Å². The maximum atomic E-state index is 12.8. The number of pyridine rings is 1. The van der Waals surface area contributed by atoms with Crippen LogP contribution in [0.3, 0.4) is 0 Å². The fraction of sp³-hybridized carbons (Fsp3) is 0.667. The number of fused-ring (bicyclic) bond motifs is 2. The van der Waals surface area contributed by atoms with Crippen LogP contribution < -0.4 is 5.56 Å². The Hall–Kier alpha value is -1.62. The highest BCUT2D eigenvalue weighted by molar-refractivity contribution is 5.89. The van der Waals surface area contributed by atoms with E-state index >= 15 is 0 Å². The van der Waals surface area contributed by atoms with Crippen LogP contribution in [0.25, 0.3) is 0 Å². The van der Waals surface area contributed by atoms with Gasteiger partial charge >= 0.3 is 5.97 Å². The van der Waals surface area contributed by atoms with E-state index in [4.69, 9.17) is 4.74 Å². The molecule has 3 atom stereocenters. The summed E-state index contributed by atoms with van der Waals surface area (Å²) in [4.78, 5) is 27.5. The Labute approximate surface area is 136 Å². The third-order valence-electron chi connectivity index (χ3n) is 5.80. The molecule has 0 radical (unpaired) electrons. The molecule has 5 heteroatoms. The lowest BCUT2D eigenvalue weighted by atomic mass is 9.72. The van der Waals surface area contributed by atoms with Crippen molar-refractivity contribution in [3.63, 3.8) is 0 Å². The Kier molecular flexibility index (Phi) is 3.76. The first-order valence-corrected chi connectivity index (χ1v) is 8.85.